The van der Waals surface area contributed by atoms with E-state index in [1.54, 1.807) is 0 Å². The summed E-state index contributed by atoms with van der Waals surface area (Å²) in [6.45, 7) is 0. The van der Waals surface area contributed by atoms with Crippen LogP contribution in [-0.2, 0) is 17.6 Å². The van der Waals surface area contributed by atoms with Crippen molar-refractivity contribution < 1.29 is 4.79 Å². The maximum absolute atomic E-state index is 11.2. The smallest absolute Gasteiger partial charge is 0.247 e. The minimum Gasteiger partial charge on any atom is -0.273 e. The number of hydrogen-bond donors (Lipinski definition) is 1. The van der Waals surface area contributed by atoms with Crippen LogP contribution in [0.15, 0.2) is 29.6 Å². The van der Waals surface area contributed by atoms with Crippen LogP contribution in [0.25, 0.3) is 0 Å². The molecule has 1 fully saturated rings. The molecular weight excluding hydrogens is 240 g/mol. The van der Waals surface area contributed by atoms with Gasteiger partial charge in [-0.3, -0.25) is 4.79 Å². The van der Waals surface area contributed by atoms with Crippen LogP contribution in [0.1, 0.15) is 43.2 Å². The van der Waals surface area contributed by atoms with E-state index in [1.807, 2.05) is 17.6 Å². The molecule has 0 saturated heterocycles. The van der Waals surface area contributed by atoms with Gasteiger partial charge in [0.15, 0.2) is 0 Å². The number of amides is 1. The van der Waals surface area contributed by atoms with E-state index < -0.39 is 0 Å². The van der Waals surface area contributed by atoms with Gasteiger partial charge in [0, 0.05) is 0 Å². The normalized spacial score (nSPS) is 16.0. The van der Waals surface area contributed by atoms with Gasteiger partial charge in [-0.2, -0.15) is 0 Å². The standard InChI is InChI=1S/C15H20N2O2/c18-15(16-17-19)11-14-8-6-13(7-9-14)10-12-4-2-1-3-5-12/h6-9,12H,1-5,10-11H2,(H,16,18,19). The molecule has 1 saturated carbocycles. The number of hydrogen-bond acceptors (Lipinski definition) is 3. The number of benzene rings is 1. The van der Waals surface area contributed by atoms with Crippen molar-refractivity contribution in [2.75, 3.05) is 0 Å². The summed E-state index contributed by atoms with van der Waals surface area (Å²) in [5.74, 6) is 0.456. The Hall–Kier alpha value is -1.71. The first-order valence-corrected chi connectivity index (χ1v) is 6.97. The summed E-state index contributed by atoms with van der Waals surface area (Å²) < 4.78 is 0. The maximum Gasteiger partial charge on any atom is 0.247 e. The Balaban J connectivity index is 1.86. The Bertz CT molecular complexity index is 422. The predicted octanol–water partition coefficient (Wildman–Crippen LogP) is 3.15. The zero-order valence-electron chi connectivity index (χ0n) is 11.1. The molecule has 1 aliphatic carbocycles. The molecule has 1 aromatic rings. The molecule has 0 spiro atoms. The highest BCUT2D eigenvalue weighted by atomic mass is 16.3. The maximum atomic E-state index is 11.2. The van der Waals surface area contributed by atoms with E-state index in [-0.39, 0.29) is 12.3 Å². The van der Waals surface area contributed by atoms with E-state index in [0.717, 1.165) is 17.9 Å². The average Bonchev–Trinajstić information content (AvgIpc) is 2.42. The minimum atomic E-state index is -0.366. The van der Waals surface area contributed by atoms with Crippen molar-refractivity contribution in [3.8, 4) is 0 Å². The Labute approximate surface area is 113 Å². The van der Waals surface area contributed by atoms with E-state index in [9.17, 15) is 9.70 Å². The molecule has 1 N–H and O–H groups in total. The van der Waals surface area contributed by atoms with E-state index in [4.69, 9.17) is 0 Å². The molecule has 0 aliphatic heterocycles. The second-order valence-electron chi connectivity index (χ2n) is 5.33. The third-order valence-corrected chi connectivity index (χ3v) is 3.81. The lowest BCUT2D eigenvalue weighted by atomic mass is 9.85. The van der Waals surface area contributed by atoms with Crippen LogP contribution < -0.4 is 5.43 Å². The van der Waals surface area contributed by atoms with Gasteiger partial charge in [-0.1, -0.05) is 56.4 Å². The zero-order chi connectivity index (χ0) is 13.5. The summed E-state index contributed by atoms with van der Waals surface area (Å²) in [5.41, 5.74) is 4.15. The van der Waals surface area contributed by atoms with Gasteiger partial charge in [0.05, 0.1) is 11.7 Å². The van der Waals surface area contributed by atoms with Gasteiger partial charge in [0.25, 0.3) is 0 Å². The zero-order valence-corrected chi connectivity index (χ0v) is 11.1. The molecule has 0 atom stereocenters. The summed E-state index contributed by atoms with van der Waals surface area (Å²) in [5, 5.41) is 2.38. The van der Waals surface area contributed by atoms with Crippen molar-refractivity contribution in [2.24, 2.45) is 11.2 Å². The lowest BCUT2D eigenvalue weighted by Gasteiger charge is -2.21. The minimum absolute atomic E-state index is 0.204. The largest absolute Gasteiger partial charge is 0.273 e. The molecule has 102 valence electrons. The predicted molar refractivity (Wildman–Crippen MR) is 74.4 cm³/mol. The first-order chi connectivity index (χ1) is 9.28. The number of carbonyl (C=O) groups excluding carboxylic acids is 1. The highest BCUT2D eigenvalue weighted by Gasteiger charge is 2.13. The summed E-state index contributed by atoms with van der Waals surface area (Å²) in [7, 11) is 0. The molecule has 0 heterocycles. The van der Waals surface area contributed by atoms with Crippen molar-refractivity contribution in [1.82, 2.24) is 5.43 Å². The number of rotatable bonds is 5. The number of nitrogens with zero attached hydrogens (tertiary/aromatic N) is 1. The third kappa shape index (κ3) is 4.47. The SMILES string of the molecule is O=NNC(=O)Cc1ccc(CC2CCCCC2)cc1. The molecule has 1 aliphatic rings. The number of nitroso groups, excluding NO2 is 1. The Morgan fingerprint density at radius 1 is 1.11 bits per heavy atom. The van der Waals surface area contributed by atoms with Crippen LogP contribution in [0.4, 0.5) is 0 Å². The second-order valence-corrected chi connectivity index (χ2v) is 5.33. The van der Waals surface area contributed by atoms with Gasteiger partial charge >= 0.3 is 0 Å². The molecule has 0 bridgehead atoms. The quantitative estimate of drug-likeness (QED) is 0.653. The van der Waals surface area contributed by atoms with Crippen LogP contribution in [0, 0.1) is 10.8 Å². The monoisotopic (exact) mass is 260 g/mol. The van der Waals surface area contributed by atoms with Crippen LogP contribution in [0.3, 0.4) is 0 Å². The summed E-state index contributed by atoms with van der Waals surface area (Å²) in [6.07, 6.45) is 8.14. The first-order valence-electron chi connectivity index (χ1n) is 6.97. The third-order valence-electron chi connectivity index (χ3n) is 3.81. The molecular formula is C15H20N2O2. The van der Waals surface area contributed by atoms with Gasteiger partial charge in [-0.15, -0.1) is 4.91 Å². The first kappa shape index (κ1) is 13.7. The van der Waals surface area contributed by atoms with Crippen LogP contribution >= 0.6 is 0 Å². The van der Waals surface area contributed by atoms with Gasteiger partial charge < -0.3 is 0 Å². The summed E-state index contributed by atoms with van der Waals surface area (Å²) >= 11 is 0. The van der Waals surface area contributed by atoms with E-state index in [0.29, 0.717) is 0 Å². The van der Waals surface area contributed by atoms with E-state index in [1.165, 1.54) is 37.7 Å². The van der Waals surface area contributed by atoms with E-state index >= 15 is 0 Å². The molecule has 2 rings (SSSR count). The van der Waals surface area contributed by atoms with Crippen LogP contribution in [0.5, 0.6) is 0 Å². The van der Waals surface area contributed by atoms with Crippen molar-refractivity contribution in [3.05, 3.63) is 40.3 Å². The Kier molecular flexibility index (Phi) is 5.07. The molecule has 0 radical (unpaired) electrons. The summed E-state index contributed by atoms with van der Waals surface area (Å²) in [6, 6.07) is 8.10. The fourth-order valence-electron chi connectivity index (χ4n) is 2.79. The molecule has 4 nitrogen and oxygen atoms in total. The summed E-state index contributed by atoms with van der Waals surface area (Å²) in [4.78, 5) is 21.1. The molecule has 4 heteroatoms. The number of carbonyl (C=O) groups is 1. The molecule has 0 unspecified atom stereocenters. The average molecular weight is 260 g/mol. The Morgan fingerprint density at radius 3 is 2.37 bits per heavy atom. The van der Waals surface area contributed by atoms with Crippen molar-refractivity contribution in [1.29, 1.82) is 0 Å². The van der Waals surface area contributed by atoms with Gasteiger partial charge in [-0.05, 0) is 23.5 Å². The van der Waals surface area contributed by atoms with Crippen LogP contribution in [-0.4, -0.2) is 5.91 Å². The van der Waals surface area contributed by atoms with Gasteiger partial charge in [-0.25, -0.2) is 5.43 Å². The fourth-order valence-corrected chi connectivity index (χ4v) is 2.79. The van der Waals surface area contributed by atoms with Gasteiger partial charge in [0.1, 0.15) is 0 Å². The lowest BCUT2D eigenvalue weighted by Crippen LogP contribution is -2.18. The van der Waals surface area contributed by atoms with Crippen molar-refractivity contribution >= 4 is 5.91 Å². The molecule has 19 heavy (non-hydrogen) atoms. The molecule has 0 aromatic heterocycles. The van der Waals surface area contributed by atoms with Crippen molar-refractivity contribution in [3.63, 3.8) is 0 Å². The molecule has 1 aromatic carbocycles. The Morgan fingerprint density at radius 2 is 1.74 bits per heavy atom. The van der Waals surface area contributed by atoms with Gasteiger partial charge in [0.2, 0.25) is 5.91 Å². The second kappa shape index (κ2) is 7.02. The highest BCUT2D eigenvalue weighted by Crippen LogP contribution is 2.26. The van der Waals surface area contributed by atoms with Crippen LogP contribution in [0.2, 0.25) is 0 Å². The fraction of sp³-hybridized carbons (Fsp3) is 0.533. The topological polar surface area (TPSA) is 58.5 Å². The van der Waals surface area contributed by atoms with E-state index in [2.05, 4.69) is 17.4 Å². The number of nitrogens with one attached hydrogen (secondary N) is 1. The lowest BCUT2D eigenvalue weighted by molar-refractivity contribution is -0.120. The van der Waals surface area contributed by atoms with Crippen molar-refractivity contribution in [2.45, 2.75) is 44.9 Å². The molecule has 1 amide bonds. The highest BCUT2D eigenvalue weighted by molar-refractivity contribution is 5.78.